The van der Waals surface area contributed by atoms with Crippen LogP contribution in [0.15, 0.2) is 0 Å². The molecule has 2 fully saturated rings. The highest BCUT2D eigenvalue weighted by atomic mass is 16.6. The molecule has 3 nitrogen and oxygen atoms in total. The van der Waals surface area contributed by atoms with E-state index in [1.54, 1.807) is 7.11 Å². The third-order valence-electron chi connectivity index (χ3n) is 3.95. The summed E-state index contributed by atoms with van der Waals surface area (Å²) in [5, 5.41) is 0. The Hall–Kier alpha value is -0.120. The van der Waals surface area contributed by atoms with Crippen LogP contribution in [-0.2, 0) is 14.2 Å². The van der Waals surface area contributed by atoms with Gasteiger partial charge in [0.25, 0.3) is 0 Å². The third kappa shape index (κ3) is 1.16. The molecule has 1 unspecified atom stereocenters. The SMILES string of the molecule is CC[C@@H]1O[C@@]2(C(C)OC)CO[C@@H]1[C@@H]2C. The molecule has 0 aromatic rings. The van der Waals surface area contributed by atoms with Crippen LogP contribution in [0.3, 0.4) is 0 Å². The standard InChI is InChI=1S/C11H20O3/c1-5-9-10-7(2)11(14-9,6-13-10)8(3)12-4/h7-10H,5-6H2,1-4H3/t7-,8?,9-,10+,11-/m0/s1. The molecule has 0 amide bonds. The molecule has 82 valence electrons. The molecule has 0 aromatic heterocycles. The number of methoxy groups -OCH3 is 1. The third-order valence-corrected chi connectivity index (χ3v) is 3.95. The Bertz CT molecular complexity index is 219. The van der Waals surface area contributed by atoms with E-state index in [9.17, 15) is 0 Å². The summed E-state index contributed by atoms with van der Waals surface area (Å²) in [6.07, 6.45) is 1.67. The summed E-state index contributed by atoms with van der Waals surface area (Å²) >= 11 is 0. The zero-order chi connectivity index (χ0) is 10.3. The second-order valence-corrected chi connectivity index (χ2v) is 4.46. The molecule has 0 aromatic carbocycles. The van der Waals surface area contributed by atoms with Gasteiger partial charge in [-0.25, -0.2) is 0 Å². The first kappa shape index (κ1) is 10.4. The largest absolute Gasteiger partial charge is 0.379 e. The van der Waals surface area contributed by atoms with Crippen molar-refractivity contribution >= 4 is 0 Å². The fourth-order valence-electron chi connectivity index (χ4n) is 2.80. The Balaban J connectivity index is 2.20. The molecule has 2 rings (SSSR count). The Morgan fingerprint density at radius 2 is 2.29 bits per heavy atom. The van der Waals surface area contributed by atoms with E-state index in [-0.39, 0.29) is 23.9 Å². The number of rotatable bonds is 3. The zero-order valence-electron chi connectivity index (χ0n) is 9.45. The molecule has 2 saturated heterocycles. The van der Waals surface area contributed by atoms with E-state index in [2.05, 4.69) is 20.8 Å². The van der Waals surface area contributed by atoms with E-state index < -0.39 is 0 Å². The molecule has 0 N–H and O–H groups in total. The average molecular weight is 200 g/mol. The van der Waals surface area contributed by atoms with Gasteiger partial charge in [0.05, 0.1) is 24.9 Å². The maximum absolute atomic E-state index is 6.11. The van der Waals surface area contributed by atoms with E-state index in [1.807, 2.05) is 0 Å². The van der Waals surface area contributed by atoms with E-state index in [4.69, 9.17) is 14.2 Å². The highest BCUT2D eigenvalue weighted by Gasteiger charge is 2.61. The lowest BCUT2D eigenvalue weighted by molar-refractivity contribution is -0.186. The normalized spacial score (nSPS) is 48.4. The van der Waals surface area contributed by atoms with Gasteiger partial charge in [-0.2, -0.15) is 0 Å². The topological polar surface area (TPSA) is 27.7 Å². The molecule has 2 aliphatic heterocycles. The van der Waals surface area contributed by atoms with Crippen LogP contribution in [0.25, 0.3) is 0 Å². The summed E-state index contributed by atoms with van der Waals surface area (Å²) in [4.78, 5) is 0. The van der Waals surface area contributed by atoms with E-state index in [0.29, 0.717) is 12.5 Å². The van der Waals surface area contributed by atoms with Gasteiger partial charge in [0, 0.05) is 13.0 Å². The van der Waals surface area contributed by atoms with Gasteiger partial charge in [0.1, 0.15) is 5.60 Å². The van der Waals surface area contributed by atoms with Crippen LogP contribution in [0.5, 0.6) is 0 Å². The van der Waals surface area contributed by atoms with Gasteiger partial charge < -0.3 is 14.2 Å². The smallest absolute Gasteiger partial charge is 0.123 e. The molecule has 2 bridgehead atoms. The first-order chi connectivity index (χ1) is 6.65. The molecule has 0 radical (unpaired) electrons. The van der Waals surface area contributed by atoms with Crippen molar-refractivity contribution in [3.05, 3.63) is 0 Å². The van der Waals surface area contributed by atoms with Gasteiger partial charge in [-0.05, 0) is 13.3 Å². The summed E-state index contributed by atoms with van der Waals surface area (Å²) < 4.78 is 17.3. The quantitative estimate of drug-likeness (QED) is 0.692. The van der Waals surface area contributed by atoms with E-state index in [1.165, 1.54) is 0 Å². The minimum Gasteiger partial charge on any atom is -0.379 e. The molecule has 2 aliphatic rings. The lowest BCUT2D eigenvalue weighted by Gasteiger charge is -2.35. The van der Waals surface area contributed by atoms with Crippen molar-refractivity contribution in [2.45, 2.75) is 51.1 Å². The lowest BCUT2D eigenvalue weighted by atomic mass is 9.85. The predicted molar refractivity (Wildman–Crippen MR) is 53.3 cm³/mol. The van der Waals surface area contributed by atoms with Gasteiger partial charge in [0.2, 0.25) is 0 Å². The monoisotopic (exact) mass is 200 g/mol. The second-order valence-electron chi connectivity index (χ2n) is 4.46. The fourth-order valence-corrected chi connectivity index (χ4v) is 2.80. The van der Waals surface area contributed by atoms with Gasteiger partial charge in [-0.15, -0.1) is 0 Å². The highest BCUT2D eigenvalue weighted by molar-refractivity contribution is 5.08. The van der Waals surface area contributed by atoms with Crippen LogP contribution in [0, 0.1) is 5.92 Å². The van der Waals surface area contributed by atoms with Crippen LogP contribution in [0.4, 0.5) is 0 Å². The Labute approximate surface area is 85.7 Å². The Morgan fingerprint density at radius 3 is 2.79 bits per heavy atom. The van der Waals surface area contributed by atoms with Crippen molar-refractivity contribution in [2.24, 2.45) is 5.92 Å². The van der Waals surface area contributed by atoms with Gasteiger partial charge in [-0.1, -0.05) is 13.8 Å². The number of hydrogen-bond acceptors (Lipinski definition) is 3. The summed E-state index contributed by atoms with van der Waals surface area (Å²) in [7, 11) is 1.74. The highest BCUT2D eigenvalue weighted by Crippen LogP contribution is 2.47. The van der Waals surface area contributed by atoms with Gasteiger partial charge in [0.15, 0.2) is 0 Å². The molecule has 5 atom stereocenters. The molecule has 0 aliphatic carbocycles. The summed E-state index contributed by atoms with van der Waals surface area (Å²) in [5.41, 5.74) is -0.194. The van der Waals surface area contributed by atoms with Crippen LogP contribution in [0.1, 0.15) is 27.2 Å². The molecule has 0 spiro atoms. The van der Waals surface area contributed by atoms with E-state index >= 15 is 0 Å². The Kier molecular flexibility index (Phi) is 2.58. The number of hydrogen-bond donors (Lipinski definition) is 0. The van der Waals surface area contributed by atoms with Crippen molar-refractivity contribution in [3.8, 4) is 0 Å². The molecular weight excluding hydrogens is 180 g/mol. The van der Waals surface area contributed by atoms with Crippen molar-refractivity contribution in [2.75, 3.05) is 13.7 Å². The first-order valence-electron chi connectivity index (χ1n) is 5.48. The summed E-state index contributed by atoms with van der Waals surface area (Å²) in [6, 6.07) is 0. The van der Waals surface area contributed by atoms with E-state index in [0.717, 1.165) is 6.42 Å². The Morgan fingerprint density at radius 1 is 1.57 bits per heavy atom. The van der Waals surface area contributed by atoms with Crippen LogP contribution in [-0.4, -0.2) is 37.6 Å². The van der Waals surface area contributed by atoms with Crippen molar-refractivity contribution < 1.29 is 14.2 Å². The van der Waals surface area contributed by atoms with Gasteiger partial charge in [-0.3, -0.25) is 0 Å². The molecule has 3 heteroatoms. The van der Waals surface area contributed by atoms with Crippen LogP contribution in [0.2, 0.25) is 0 Å². The predicted octanol–water partition coefficient (Wildman–Crippen LogP) is 1.60. The molecule has 0 saturated carbocycles. The minimum atomic E-state index is -0.194. The van der Waals surface area contributed by atoms with Crippen molar-refractivity contribution in [1.29, 1.82) is 0 Å². The first-order valence-corrected chi connectivity index (χ1v) is 5.48. The minimum absolute atomic E-state index is 0.110. The lowest BCUT2D eigenvalue weighted by Crippen LogP contribution is -2.48. The number of fused-ring (bicyclic) bond motifs is 2. The van der Waals surface area contributed by atoms with Crippen molar-refractivity contribution in [1.82, 2.24) is 0 Å². The fraction of sp³-hybridized carbons (Fsp3) is 1.00. The average Bonchev–Trinajstić information content (AvgIpc) is 2.69. The number of ether oxygens (including phenoxy) is 3. The summed E-state index contributed by atoms with van der Waals surface area (Å²) in [6.45, 7) is 7.11. The zero-order valence-corrected chi connectivity index (χ0v) is 9.45. The second kappa shape index (κ2) is 3.47. The van der Waals surface area contributed by atoms with Crippen LogP contribution >= 0.6 is 0 Å². The maximum Gasteiger partial charge on any atom is 0.123 e. The molecular formula is C11H20O3. The van der Waals surface area contributed by atoms with Crippen molar-refractivity contribution in [3.63, 3.8) is 0 Å². The van der Waals surface area contributed by atoms with Gasteiger partial charge >= 0.3 is 0 Å². The molecule has 2 heterocycles. The maximum atomic E-state index is 6.11. The van der Waals surface area contributed by atoms with Crippen LogP contribution < -0.4 is 0 Å². The molecule has 14 heavy (non-hydrogen) atoms. The summed E-state index contributed by atoms with van der Waals surface area (Å²) in [5.74, 6) is 0.447.